The van der Waals surface area contributed by atoms with Crippen LogP contribution in [0.4, 0.5) is 0 Å². The summed E-state index contributed by atoms with van der Waals surface area (Å²) in [5, 5.41) is 0. The summed E-state index contributed by atoms with van der Waals surface area (Å²) in [5.41, 5.74) is 5.76. The molecule has 2 bridgehead atoms. The molecule has 0 heterocycles. The topological polar surface area (TPSA) is 52.3 Å². The van der Waals surface area contributed by atoms with E-state index in [2.05, 4.69) is 4.74 Å². The van der Waals surface area contributed by atoms with E-state index >= 15 is 0 Å². The first-order valence-electron chi connectivity index (χ1n) is 5.54. The van der Waals surface area contributed by atoms with E-state index in [1.807, 2.05) is 0 Å². The number of rotatable bonds is 3. The van der Waals surface area contributed by atoms with Crippen LogP contribution in [0.2, 0.25) is 0 Å². The van der Waals surface area contributed by atoms with E-state index in [0.29, 0.717) is 5.92 Å². The Morgan fingerprint density at radius 2 is 2.29 bits per heavy atom. The molecule has 0 aromatic heterocycles. The van der Waals surface area contributed by atoms with Gasteiger partial charge in [0.1, 0.15) is 6.04 Å². The molecule has 2 aliphatic rings. The first-order valence-corrected chi connectivity index (χ1v) is 5.54. The van der Waals surface area contributed by atoms with Crippen LogP contribution in [-0.4, -0.2) is 19.1 Å². The molecule has 0 saturated heterocycles. The fourth-order valence-electron chi connectivity index (χ4n) is 3.24. The van der Waals surface area contributed by atoms with E-state index in [0.717, 1.165) is 18.3 Å². The van der Waals surface area contributed by atoms with Gasteiger partial charge in [-0.1, -0.05) is 6.42 Å². The van der Waals surface area contributed by atoms with Gasteiger partial charge in [-0.05, 0) is 43.4 Å². The molecule has 4 atom stereocenters. The molecule has 14 heavy (non-hydrogen) atoms. The minimum atomic E-state index is -0.399. The first kappa shape index (κ1) is 9.97. The van der Waals surface area contributed by atoms with Crippen molar-refractivity contribution in [1.29, 1.82) is 0 Å². The van der Waals surface area contributed by atoms with Crippen LogP contribution in [0.3, 0.4) is 0 Å². The van der Waals surface area contributed by atoms with E-state index in [4.69, 9.17) is 5.73 Å². The van der Waals surface area contributed by atoms with Gasteiger partial charge in [0.05, 0.1) is 7.11 Å². The van der Waals surface area contributed by atoms with Gasteiger partial charge in [0.25, 0.3) is 0 Å². The lowest BCUT2D eigenvalue weighted by molar-refractivity contribution is -0.142. The van der Waals surface area contributed by atoms with Crippen LogP contribution < -0.4 is 5.73 Å². The average molecular weight is 197 g/mol. The zero-order valence-corrected chi connectivity index (χ0v) is 8.74. The van der Waals surface area contributed by atoms with Crippen molar-refractivity contribution in [2.45, 2.75) is 38.1 Å². The Labute approximate surface area is 85.0 Å². The Kier molecular flexibility index (Phi) is 2.77. The highest BCUT2D eigenvalue weighted by Crippen LogP contribution is 2.49. The molecule has 0 spiro atoms. The molecule has 0 aliphatic heterocycles. The van der Waals surface area contributed by atoms with Gasteiger partial charge in [0.2, 0.25) is 0 Å². The van der Waals surface area contributed by atoms with Crippen LogP contribution in [0.1, 0.15) is 32.1 Å². The van der Waals surface area contributed by atoms with Crippen LogP contribution >= 0.6 is 0 Å². The highest BCUT2D eigenvalue weighted by atomic mass is 16.5. The second-order valence-electron chi connectivity index (χ2n) is 4.80. The second-order valence-corrected chi connectivity index (χ2v) is 4.80. The summed E-state index contributed by atoms with van der Waals surface area (Å²) in [6.45, 7) is 0. The number of fused-ring (bicyclic) bond motifs is 2. The summed E-state index contributed by atoms with van der Waals surface area (Å²) in [5.74, 6) is 2.20. The number of methoxy groups -OCH3 is 1. The zero-order valence-electron chi connectivity index (χ0n) is 8.74. The number of ether oxygens (including phenoxy) is 1. The lowest BCUT2D eigenvalue weighted by atomic mass is 9.84. The van der Waals surface area contributed by atoms with Crippen LogP contribution in [0.25, 0.3) is 0 Å². The predicted molar refractivity (Wildman–Crippen MR) is 53.5 cm³/mol. The summed E-state index contributed by atoms with van der Waals surface area (Å²) in [6, 6.07) is -0.399. The van der Waals surface area contributed by atoms with Crippen LogP contribution in [0, 0.1) is 17.8 Å². The van der Waals surface area contributed by atoms with Crippen molar-refractivity contribution >= 4 is 5.97 Å². The molecular formula is C11H19NO2. The SMILES string of the molecule is COC(=O)[C@H](N)C[C@H]1CC2CC[C@H]1C2. The van der Waals surface area contributed by atoms with Crippen molar-refractivity contribution in [2.75, 3.05) is 7.11 Å². The van der Waals surface area contributed by atoms with E-state index in [-0.39, 0.29) is 5.97 Å². The Bertz CT molecular complexity index is 229. The van der Waals surface area contributed by atoms with Gasteiger partial charge < -0.3 is 10.5 Å². The molecule has 0 amide bonds. The second kappa shape index (κ2) is 3.89. The number of carbonyl (C=O) groups excluding carboxylic acids is 1. The number of hydrogen-bond acceptors (Lipinski definition) is 3. The molecule has 2 rings (SSSR count). The highest BCUT2D eigenvalue weighted by Gasteiger charge is 2.40. The van der Waals surface area contributed by atoms with Gasteiger partial charge in [0, 0.05) is 0 Å². The van der Waals surface area contributed by atoms with Crippen molar-refractivity contribution in [3.05, 3.63) is 0 Å². The molecular weight excluding hydrogens is 178 g/mol. The summed E-state index contributed by atoms with van der Waals surface area (Å²) in [7, 11) is 1.41. The number of carbonyl (C=O) groups is 1. The molecule has 2 fully saturated rings. The van der Waals surface area contributed by atoms with E-state index in [1.54, 1.807) is 0 Å². The van der Waals surface area contributed by atoms with Crippen LogP contribution in [-0.2, 0) is 9.53 Å². The summed E-state index contributed by atoms with van der Waals surface area (Å²) in [6.07, 6.45) is 6.24. The molecule has 2 N–H and O–H groups in total. The molecule has 2 aliphatic carbocycles. The van der Waals surface area contributed by atoms with Crippen LogP contribution in [0.5, 0.6) is 0 Å². The van der Waals surface area contributed by atoms with Gasteiger partial charge in [-0.25, -0.2) is 0 Å². The van der Waals surface area contributed by atoms with E-state index < -0.39 is 6.04 Å². The van der Waals surface area contributed by atoms with Gasteiger partial charge in [-0.3, -0.25) is 4.79 Å². The van der Waals surface area contributed by atoms with Crippen molar-refractivity contribution in [3.63, 3.8) is 0 Å². The Morgan fingerprint density at radius 1 is 1.50 bits per heavy atom. The zero-order chi connectivity index (χ0) is 10.1. The normalized spacial score (nSPS) is 37.1. The largest absolute Gasteiger partial charge is 0.468 e. The van der Waals surface area contributed by atoms with Gasteiger partial charge in [0.15, 0.2) is 0 Å². The number of esters is 1. The van der Waals surface area contributed by atoms with Crippen molar-refractivity contribution in [1.82, 2.24) is 0 Å². The summed E-state index contributed by atoms with van der Waals surface area (Å²) in [4.78, 5) is 11.2. The lowest BCUT2D eigenvalue weighted by Gasteiger charge is -2.23. The summed E-state index contributed by atoms with van der Waals surface area (Å²) < 4.78 is 4.64. The third-order valence-corrected chi connectivity index (χ3v) is 3.95. The van der Waals surface area contributed by atoms with E-state index in [9.17, 15) is 4.79 Å². The Balaban J connectivity index is 1.83. The van der Waals surface area contributed by atoms with Crippen molar-refractivity contribution in [2.24, 2.45) is 23.5 Å². The quantitative estimate of drug-likeness (QED) is 0.694. The minimum absolute atomic E-state index is 0.257. The Morgan fingerprint density at radius 3 is 2.79 bits per heavy atom. The van der Waals surface area contributed by atoms with Crippen LogP contribution in [0.15, 0.2) is 0 Å². The average Bonchev–Trinajstić information content (AvgIpc) is 2.77. The van der Waals surface area contributed by atoms with Crippen molar-refractivity contribution in [3.8, 4) is 0 Å². The molecule has 0 radical (unpaired) electrons. The Hall–Kier alpha value is -0.570. The standard InChI is InChI=1S/C11H19NO2/c1-14-11(13)10(12)6-9-5-7-2-3-8(9)4-7/h7-10H,2-6,12H2,1H3/t7?,8-,9+,10+/m0/s1. The molecule has 0 aromatic rings. The molecule has 1 unspecified atom stereocenters. The maximum absolute atomic E-state index is 11.2. The first-order chi connectivity index (χ1) is 6.70. The lowest BCUT2D eigenvalue weighted by Crippen LogP contribution is -2.34. The van der Waals surface area contributed by atoms with Crippen molar-refractivity contribution < 1.29 is 9.53 Å². The van der Waals surface area contributed by atoms with Gasteiger partial charge in [-0.15, -0.1) is 0 Å². The van der Waals surface area contributed by atoms with Gasteiger partial charge >= 0.3 is 5.97 Å². The smallest absolute Gasteiger partial charge is 0.322 e. The fraction of sp³-hybridized carbons (Fsp3) is 0.909. The maximum atomic E-state index is 11.2. The predicted octanol–water partition coefficient (Wildman–Crippen LogP) is 1.31. The third kappa shape index (κ3) is 1.78. The summed E-state index contributed by atoms with van der Waals surface area (Å²) >= 11 is 0. The molecule has 0 aromatic carbocycles. The fourth-order valence-corrected chi connectivity index (χ4v) is 3.24. The molecule has 2 saturated carbocycles. The maximum Gasteiger partial charge on any atom is 0.322 e. The number of hydrogen-bond donors (Lipinski definition) is 1. The molecule has 3 nitrogen and oxygen atoms in total. The highest BCUT2D eigenvalue weighted by molar-refractivity contribution is 5.75. The number of nitrogens with two attached hydrogens (primary N) is 1. The third-order valence-electron chi connectivity index (χ3n) is 3.95. The van der Waals surface area contributed by atoms with Gasteiger partial charge in [-0.2, -0.15) is 0 Å². The molecule has 3 heteroatoms. The minimum Gasteiger partial charge on any atom is -0.468 e. The van der Waals surface area contributed by atoms with E-state index in [1.165, 1.54) is 32.8 Å². The molecule has 80 valence electrons. The monoisotopic (exact) mass is 197 g/mol.